The Labute approximate surface area is 162 Å². The fourth-order valence-electron chi connectivity index (χ4n) is 4.55. The molecule has 1 aliphatic carbocycles. The Morgan fingerprint density at radius 1 is 1.32 bits per heavy atom. The number of hydrogen-bond donors (Lipinski definition) is 1. The van der Waals surface area contributed by atoms with Crippen LogP contribution < -0.4 is 5.14 Å². The molecule has 1 aromatic carbocycles. The van der Waals surface area contributed by atoms with Crippen molar-refractivity contribution >= 4 is 10.2 Å². The van der Waals surface area contributed by atoms with Gasteiger partial charge in [-0.05, 0) is 45.2 Å². The minimum absolute atomic E-state index is 0.00121. The van der Waals surface area contributed by atoms with Crippen molar-refractivity contribution in [3.05, 3.63) is 35.2 Å². The van der Waals surface area contributed by atoms with Crippen molar-refractivity contribution in [1.29, 1.82) is 0 Å². The third-order valence-electron chi connectivity index (χ3n) is 6.08. The van der Waals surface area contributed by atoms with Gasteiger partial charge in [0.1, 0.15) is 0 Å². The van der Waals surface area contributed by atoms with Gasteiger partial charge in [-0.15, -0.1) is 0 Å². The molecule has 2 fully saturated rings. The summed E-state index contributed by atoms with van der Waals surface area (Å²) in [5.41, 5.74) is 1.26. The van der Waals surface area contributed by atoms with Crippen LogP contribution in [0, 0.1) is 19.3 Å². The Kier molecular flexibility index (Phi) is 4.19. The second kappa shape index (κ2) is 6.04. The topological polar surface area (TPSA) is 102 Å². The summed E-state index contributed by atoms with van der Waals surface area (Å²) in [6, 6.07) is 5.11. The molecule has 1 aromatic heterocycles. The molecule has 1 spiro atoms. The van der Waals surface area contributed by atoms with Crippen LogP contribution in [0.2, 0.25) is 0 Å². The smallest absolute Gasteiger partial charge is 0.277 e. The molecule has 1 saturated heterocycles. The monoisotopic (exact) mass is 412 g/mol. The van der Waals surface area contributed by atoms with E-state index in [9.17, 15) is 17.2 Å². The number of benzene rings is 1. The molecule has 2 N–H and O–H groups in total. The lowest BCUT2D eigenvalue weighted by molar-refractivity contribution is 0.0307. The van der Waals surface area contributed by atoms with E-state index >= 15 is 0 Å². The zero-order valence-electron chi connectivity index (χ0n) is 15.8. The molecule has 152 valence electrons. The van der Waals surface area contributed by atoms with Gasteiger partial charge in [-0.2, -0.15) is 17.7 Å². The zero-order valence-corrected chi connectivity index (χ0v) is 16.6. The predicted octanol–water partition coefficient (Wildman–Crippen LogP) is 2.76. The second-order valence-electron chi connectivity index (χ2n) is 7.95. The lowest BCUT2D eigenvalue weighted by Gasteiger charge is -2.35. The van der Waals surface area contributed by atoms with Crippen molar-refractivity contribution in [2.45, 2.75) is 51.5 Å². The van der Waals surface area contributed by atoms with Gasteiger partial charge in [0.2, 0.25) is 0 Å². The van der Waals surface area contributed by atoms with E-state index in [-0.39, 0.29) is 31.1 Å². The van der Waals surface area contributed by atoms with Crippen molar-refractivity contribution in [1.82, 2.24) is 14.4 Å². The maximum absolute atomic E-state index is 14.9. The fraction of sp³-hybridized carbons (Fsp3) is 0.556. The minimum atomic E-state index is -3.92. The van der Waals surface area contributed by atoms with Gasteiger partial charge in [0.15, 0.2) is 5.82 Å². The van der Waals surface area contributed by atoms with E-state index in [1.807, 2.05) is 32.0 Å². The van der Waals surface area contributed by atoms with Crippen molar-refractivity contribution in [2.75, 3.05) is 6.54 Å². The molecule has 0 radical (unpaired) electrons. The van der Waals surface area contributed by atoms with Crippen molar-refractivity contribution in [3.8, 4) is 11.5 Å². The van der Waals surface area contributed by atoms with Gasteiger partial charge in [0, 0.05) is 18.2 Å². The molecule has 1 saturated carbocycles. The second-order valence-corrected chi connectivity index (χ2v) is 9.45. The first-order valence-corrected chi connectivity index (χ1v) is 10.6. The molecule has 2 aliphatic rings. The van der Waals surface area contributed by atoms with E-state index in [0.29, 0.717) is 5.56 Å². The average molecular weight is 412 g/mol. The van der Waals surface area contributed by atoms with Gasteiger partial charge >= 0.3 is 0 Å². The first-order chi connectivity index (χ1) is 13.0. The minimum Gasteiger partial charge on any atom is -0.334 e. The van der Waals surface area contributed by atoms with E-state index in [0.717, 1.165) is 15.4 Å². The van der Waals surface area contributed by atoms with Crippen LogP contribution in [0.3, 0.4) is 0 Å². The number of aryl methyl sites for hydroxylation is 2. The summed E-state index contributed by atoms with van der Waals surface area (Å²) in [5.74, 6) is -4.02. The van der Waals surface area contributed by atoms with Gasteiger partial charge in [-0.25, -0.2) is 13.9 Å². The molecule has 2 heterocycles. The number of rotatable bonds is 3. The molecule has 28 heavy (non-hydrogen) atoms. The average Bonchev–Trinajstić information content (AvgIpc) is 2.90. The van der Waals surface area contributed by atoms with Crippen LogP contribution in [0.4, 0.5) is 8.78 Å². The molecule has 10 heteroatoms. The lowest BCUT2D eigenvalue weighted by Crippen LogP contribution is -2.49. The largest absolute Gasteiger partial charge is 0.334 e. The summed E-state index contributed by atoms with van der Waals surface area (Å²) in [5, 5.41) is 9.03. The van der Waals surface area contributed by atoms with Crippen LogP contribution >= 0.6 is 0 Å². The Hall–Kier alpha value is -1.91. The predicted molar refractivity (Wildman–Crippen MR) is 97.8 cm³/mol. The van der Waals surface area contributed by atoms with Crippen LogP contribution in [-0.2, 0) is 10.2 Å². The maximum Gasteiger partial charge on any atom is 0.277 e. The molecule has 2 aromatic rings. The third kappa shape index (κ3) is 2.77. The molecule has 0 bridgehead atoms. The highest BCUT2D eigenvalue weighted by Gasteiger charge is 2.82. The molecule has 7 nitrogen and oxygen atoms in total. The zero-order chi connectivity index (χ0) is 20.5. The highest BCUT2D eigenvalue weighted by atomic mass is 32.2. The van der Waals surface area contributed by atoms with E-state index in [1.54, 1.807) is 6.92 Å². The SMILES string of the molecule is Cc1ccc(C)c(-c2nc(C3C(F)(F)C34CCN(S(N)(=O)=O)C(C)C4)no2)c1. The van der Waals surface area contributed by atoms with Crippen LogP contribution in [0.25, 0.3) is 11.5 Å². The molecule has 4 rings (SSSR count). The van der Waals surface area contributed by atoms with E-state index in [4.69, 9.17) is 9.66 Å². The lowest BCUT2D eigenvalue weighted by atomic mass is 9.87. The van der Waals surface area contributed by atoms with Crippen LogP contribution in [0.1, 0.15) is 42.6 Å². The molecule has 1 aliphatic heterocycles. The molecular formula is C18H22F2N4O3S. The normalized spacial score (nSPS) is 29.9. The van der Waals surface area contributed by atoms with E-state index in [2.05, 4.69) is 10.1 Å². The van der Waals surface area contributed by atoms with Gasteiger partial charge in [0.05, 0.1) is 11.3 Å². The van der Waals surface area contributed by atoms with E-state index < -0.39 is 33.5 Å². The highest BCUT2D eigenvalue weighted by molar-refractivity contribution is 7.86. The van der Waals surface area contributed by atoms with Crippen LogP contribution in [0.15, 0.2) is 22.7 Å². The molecular weight excluding hydrogens is 390 g/mol. The summed E-state index contributed by atoms with van der Waals surface area (Å²) in [6.45, 7) is 5.35. The number of halogens is 2. The Morgan fingerprint density at radius 3 is 2.68 bits per heavy atom. The molecule has 3 atom stereocenters. The number of nitrogens with two attached hydrogens (primary N) is 1. The third-order valence-corrected chi connectivity index (χ3v) is 7.27. The van der Waals surface area contributed by atoms with Gasteiger partial charge in [-0.1, -0.05) is 22.9 Å². The molecule has 3 unspecified atom stereocenters. The van der Waals surface area contributed by atoms with E-state index in [1.165, 1.54) is 0 Å². The van der Waals surface area contributed by atoms with Crippen molar-refractivity contribution in [2.24, 2.45) is 10.6 Å². The fourth-order valence-corrected chi connectivity index (χ4v) is 5.47. The summed E-state index contributed by atoms with van der Waals surface area (Å²) in [6.07, 6.45) is -0.00672. The molecule has 0 amide bonds. The number of aromatic nitrogens is 2. The summed E-state index contributed by atoms with van der Waals surface area (Å²) in [4.78, 5) is 4.27. The number of nitrogens with zero attached hydrogens (tertiary/aromatic N) is 3. The first kappa shape index (κ1) is 19.4. The van der Waals surface area contributed by atoms with Crippen molar-refractivity contribution in [3.63, 3.8) is 0 Å². The summed E-state index contributed by atoms with van der Waals surface area (Å²) >= 11 is 0. The van der Waals surface area contributed by atoms with Gasteiger partial charge in [0.25, 0.3) is 22.0 Å². The summed E-state index contributed by atoms with van der Waals surface area (Å²) in [7, 11) is -3.92. The van der Waals surface area contributed by atoms with Gasteiger partial charge < -0.3 is 4.52 Å². The van der Waals surface area contributed by atoms with Crippen LogP contribution in [-0.4, -0.2) is 41.4 Å². The quantitative estimate of drug-likeness (QED) is 0.835. The Balaban J connectivity index is 1.63. The standard InChI is InChI=1S/C18H22F2N4O3S/c1-10-4-5-11(2)13(8-10)16-22-15(23-27-16)14-17(18(14,19)20)6-7-24(12(3)9-17)28(21,25)26/h4-5,8,12,14H,6-7,9H2,1-3H3,(H2,21,25,26). The maximum atomic E-state index is 14.9. The number of alkyl halides is 2. The summed E-state index contributed by atoms with van der Waals surface area (Å²) < 4.78 is 59.3. The van der Waals surface area contributed by atoms with Crippen LogP contribution in [0.5, 0.6) is 0 Å². The number of hydrogen-bond acceptors (Lipinski definition) is 5. The highest BCUT2D eigenvalue weighted by Crippen LogP contribution is 2.75. The van der Waals surface area contributed by atoms with Crippen molar-refractivity contribution < 1.29 is 21.7 Å². The Bertz CT molecular complexity index is 1040. The van der Waals surface area contributed by atoms with Gasteiger partial charge in [-0.3, -0.25) is 0 Å². The first-order valence-electron chi connectivity index (χ1n) is 9.06. The number of piperidine rings is 1. The Morgan fingerprint density at radius 2 is 2.04 bits per heavy atom.